The zero-order valence-corrected chi connectivity index (χ0v) is 10.5. The van der Waals surface area contributed by atoms with Gasteiger partial charge >= 0.3 is 0 Å². The average molecular weight is 239 g/mol. The van der Waals surface area contributed by atoms with Crippen molar-refractivity contribution in [3.63, 3.8) is 0 Å². The van der Waals surface area contributed by atoms with Crippen LogP contribution in [0.4, 0.5) is 5.69 Å². The molecule has 2 nitrogen and oxygen atoms in total. The van der Waals surface area contributed by atoms with E-state index < -0.39 is 0 Å². The van der Waals surface area contributed by atoms with E-state index in [-0.39, 0.29) is 11.3 Å². The van der Waals surface area contributed by atoms with Gasteiger partial charge in [-0.15, -0.1) is 0 Å². The van der Waals surface area contributed by atoms with Crippen LogP contribution in [0.1, 0.15) is 13.3 Å². The normalized spacial score (nSPS) is 30.4. The quantitative estimate of drug-likeness (QED) is 0.737. The minimum Gasteiger partial charge on any atom is -0.311 e. The van der Waals surface area contributed by atoms with E-state index in [1.165, 1.54) is 0 Å². The smallest absolute Gasteiger partial charge is 0.237 e. The molecule has 0 saturated carbocycles. The van der Waals surface area contributed by atoms with E-state index in [1.54, 1.807) is 0 Å². The first-order valence-electron chi connectivity index (χ1n) is 6.45. The Hall–Kier alpha value is -1.83. The van der Waals surface area contributed by atoms with Crippen LogP contribution in [-0.2, 0) is 4.79 Å². The van der Waals surface area contributed by atoms with Crippen molar-refractivity contribution in [1.29, 1.82) is 0 Å². The van der Waals surface area contributed by atoms with E-state index >= 15 is 0 Å². The van der Waals surface area contributed by atoms with E-state index in [0.717, 1.165) is 18.7 Å². The standard InChI is InChI=1S/C16H17NO/c1-13-12-17(14-8-4-2-5-9-14)15(18)16(13)10-6-3-7-11-16/h2-10,13H,11-12H2,1H3/t13-,16-/m1/s1. The Kier molecular flexibility index (Phi) is 2.58. The molecule has 3 rings (SSSR count). The largest absolute Gasteiger partial charge is 0.311 e. The number of benzene rings is 1. The van der Waals surface area contributed by atoms with Gasteiger partial charge < -0.3 is 4.90 Å². The molecule has 1 amide bonds. The molecule has 1 fully saturated rings. The molecule has 1 saturated heterocycles. The topological polar surface area (TPSA) is 20.3 Å². The average Bonchev–Trinajstić information content (AvgIpc) is 2.66. The monoisotopic (exact) mass is 239 g/mol. The van der Waals surface area contributed by atoms with Crippen molar-refractivity contribution in [2.75, 3.05) is 11.4 Å². The summed E-state index contributed by atoms with van der Waals surface area (Å²) in [5.41, 5.74) is 0.694. The number of para-hydroxylation sites is 1. The molecular weight excluding hydrogens is 222 g/mol. The number of anilines is 1. The maximum absolute atomic E-state index is 12.7. The molecule has 0 unspecified atom stereocenters. The van der Waals surface area contributed by atoms with Crippen molar-refractivity contribution in [3.8, 4) is 0 Å². The van der Waals surface area contributed by atoms with Gasteiger partial charge in [-0.3, -0.25) is 4.79 Å². The molecule has 2 heteroatoms. The Morgan fingerprint density at radius 2 is 2.00 bits per heavy atom. The van der Waals surface area contributed by atoms with Crippen molar-refractivity contribution in [1.82, 2.24) is 0 Å². The zero-order valence-electron chi connectivity index (χ0n) is 10.5. The van der Waals surface area contributed by atoms with E-state index in [1.807, 2.05) is 47.4 Å². The maximum atomic E-state index is 12.7. The molecule has 0 N–H and O–H groups in total. The van der Waals surface area contributed by atoms with E-state index in [0.29, 0.717) is 5.92 Å². The van der Waals surface area contributed by atoms with Gasteiger partial charge in [0.15, 0.2) is 0 Å². The van der Waals surface area contributed by atoms with Gasteiger partial charge in [-0.1, -0.05) is 49.4 Å². The highest BCUT2D eigenvalue weighted by atomic mass is 16.2. The lowest BCUT2D eigenvalue weighted by molar-refractivity contribution is -0.124. The summed E-state index contributed by atoms with van der Waals surface area (Å²) in [6, 6.07) is 9.95. The second kappa shape index (κ2) is 4.13. The van der Waals surface area contributed by atoms with Gasteiger partial charge in [0.25, 0.3) is 0 Å². The van der Waals surface area contributed by atoms with Gasteiger partial charge in [0.2, 0.25) is 5.91 Å². The predicted octanol–water partition coefficient (Wildman–Crippen LogP) is 3.17. The Morgan fingerprint density at radius 3 is 2.67 bits per heavy atom. The minimum absolute atomic E-state index is 0.238. The highest BCUT2D eigenvalue weighted by Crippen LogP contribution is 2.44. The number of carbonyl (C=O) groups is 1. The van der Waals surface area contributed by atoms with Crippen molar-refractivity contribution in [2.24, 2.45) is 11.3 Å². The summed E-state index contributed by atoms with van der Waals surface area (Å²) in [7, 11) is 0. The highest BCUT2D eigenvalue weighted by Gasteiger charge is 2.50. The first-order valence-corrected chi connectivity index (χ1v) is 6.45. The first-order chi connectivity index (χ1) is 8.74. The molecule has 0 radical (unpaired) electrons. The molecule has 1 aliphatic heterocycles. The fourth-order valence-electron chi connectivity index (χ4n) is 2.97. The maximum Gasteiger partial charge on any atom is 0.237 e. The van der Waals surface area contributed by atoms with Crippen LogP contribution >= 0.6 is 0 Å². The Bertz CT molecular complexity index is 517. The first kappa shape index (κ1) is 11.3. The molecule has 1 aromatic rings. The van der Waals surface area contributed by atoms with Crippen molar-refractivity contribution in [3.05, 3.63) is 54.6 Å². The molecule has 2 atom stereocenters. The lowest BCUT2D eigenvalue weighted by atomic mass is 9.74. The summed E-state index contributed by atoms with van der Waals surface area (Å²) in [5.74, 6) is 0.591. The van der Waals surface area contributed by atoms with Crippen LogP contribution in [0, 0.1) is 11.3 Å². The molecule has 0 bridgehead atoms. The zero-order chi connectivity index (χ0) is 12.6. The third kappa shape index (κ3) is 1.52. The molecular formula is C16H17NO. The second-order valence-corrected chi connectivity index (χ2v) is 5.18. The van der Waals surface area contributed by atoms with E-state index in [9.17, 15) is 4.79 Å². The van der Waals surface area contributed by atoms with Crippen LogP contribution in [0.5, 0.6) is 0 Å². The highest BCUT2D eigenvalue weighted by molar-refractivity contribution is 6.01. The summed E-state index contributed by atoms with van der Waals surface area (Å²) in [6.07, 6.45) is 9.04. The van der Waals surface area contributed by atoms with E-state index in [2.05, 4.69) is 19.1 Å². The summed E-state index contributed by atoms with van der Waals surface area (Å²) in [6.45, 7) is 2.98. The molecule has 2 aliphatic rings. The van der Waals surface area contributed by atoms with Gasteiger partial charge in [-0.05, 0) is 24.5 Å². The third-order valence-corrected chi connectivity index (χ3v) is 4.14. The summed E-state index contributed by atoms with van der Waals surface area (Å²) in [5, 5.41) is 0. The number of carbonyl (C=O) groups excluding carboxylic acids is 1. The number of allylic oxidation sites excluding steroid dienone is 3. The number of nitrogens with zero attached hydrogens (tertiary/aromatic N) is 1. The SMILES string of the molecule is C[C@@H]1CN(c2ccccc2)C(=O)[C@@]12C=CC=CC2. The molecule has 1 aromatic carbocycles. The number of hydrogen-bond acceptors (Lipinski definition) is 1. The van der Waals surface area contributed by atoms with Crippen LogP contribution < -0.4 is 4.90 Å². The number of hydrogen-bond donors (Lipinski definition) is 0. The summed E-state index contributed by atoms with van der Waals surface area (Å²) < 4.78 is 0. The molecule has 18 heavy (non-hydrogen) atoms. The minimum atomic E-state index is -0.315. The number of amides is 1. The molecule has 1 aliphatic carbocycles. The van der Waals surface area contributed by atoms with Crippen LogP contribution in [-0.4, -0.2) is 12.5 Å². The molecule has 92 valence electrons. The fraction of sp³-hybridized carbons (Fsp3) is 0.312. The van der Waals surface area contributed by atoms with Gasteiger partial charge in [-0.25, -0.2) is 0 Å². The predicted molar refractivity (Wildman–Crippen MR) is 73.3 cm³/mol. The van der Waals surface area contributed by atoms with Crippen LogP contribution in [0.3, 0.4) is 0 Å². The van der Waals surface area contributed by atoms with Crippen molar-refractivity contribution >= 4 is 11.6 Å². The fourth-order valence-corrected chi connectivity index (χ4v) is 2.97. The lowest BCUT2D eigenvalue weighted by Crippen LogP contribution is -2.35. The second-order valence-electron chi connectivity index (χ2n) is 5.18. The van der Waals surface area contributed by atoms with Gasteiger partial charge in [-0.2, -0.15) is 0 Å². The molecule has 0 aromatic heterocycles. The van der Waals surface area contributed by atoms with Crippen LogP contribution in [0.2, 0.25) is 0 Å². The van der Waals surface area contributed by atoms with Gasteiger partial charge in [0.1, 0.15) is 0 Å². The third-order valence-electron chi connectivity index (χ3n) is 4.14. The van der Waals surface area contributed by atoms with Crippen LogP contribution in [0.15, 0.2) is 54.6 Å². The Labute approximate surface area is 108 Å². The van der Waals surface area contributed by atoms with Crippen molar-refractivity contribution < 1.29 is 4.79 Å². The summed E-state index contributed by atoms with van der Waals surface area (Å²) >= 11 is 0. The van der Waals surface area contributed by atoms with E-state index in [4.69, 9.17) is 0 Å². The van der Waals surface area contributed by atoms with Crippen molar-refractivity contribution in [2.45, 2.75) is 13.3 Å². The van der Waals surface area contributed by atoms with Gasteiger partial charge in [0.05, 0.1) is 5.41 Å². The van der Waals surface area contributed by atoms with Crippen LogP contribution in [0.25, 0.3) is 0 Å². The Balaban J connectivity index is 1.96. The molecule has 1 heterocycles. The number of rotatable bonds is 1. The molecule has 1 spiro atoms. The summed E-state index contributed by atoms with van der Waals surface area (Å²) in [4.78, 5) is 14.7. The lowest BCUT2D eigenvalue weighted by Gasteiger charge is -2.28. The van der Waals surface area contributed by atoms with Gasteiger partial charge in [0, 0.05) is 12.2 Å². The Morgan fingerprint density at radius 1 is 1.22 bits per heavy atom.